The van der Waals surface area contributed by atoms with E-state index < -0.39 is 0 Å². The van der Waals surface area contributed by atoms with Crippen LogP contribution in [0.3, 0.4) is 0 Å². The predicted molar refractivity (Wildman–Crippen MR) is 53.2 cm³/mol. The Bertz CT molecular complexity index is 183. The minimum atomic E-state index is -0.365. The maximum Gasteiger partial charge on any atom is 0.227 e. The van der Waals surface area contributed by atoms with E-state index in [1.807, 2.05) is 13.8 Å². The van der Waals surface area contributed by atoms with E-state index in [1.54, 1.807) is 0 Å². The van der Waals surface area contributed by atoms with Crippen LogP contribution in [-0.2, 0) is 4.79 Å². The van der Waals surface area contributed by atoms with Crippen molar-refractivity contribution in [3.63, 3.8) is 0 Å². The molecule has 3 N–H and O–H groups in total. The van der Waals surface area contributed by atoms with E-state index in [1.165, 1.54) is 6.42 Å². The molecule has 1 aliphatic rings. The highest BCUT2D eigenvalue weighted by molar-refractivity contribution is 5.82. The van der Waals surface area contributed by atoms with E-state index in [2.05, 4.69) is 5.32 Å². The van der Waals surface area contributed by atoms with Crippen molar-refractivity contribution < 1.29 is 4.79 Å². The van der Waals surface area contributed by atoms with Gasteiger partial charge in [0.05, 0.1) is 5.41 Å². The third kappa shape index (κ3) is 2.21. The van der Waals surface area contributed by atoms with Crippen LogP contribution in [0.4, 0.5) is 0 Å². The Morgan fingerprint density at radius 3 is 2.54 bits per heavy atom. The first-order valence-electron chi connectivity index (χ1n) is 5.13. The van der Waals surface area contributed by atoms with E-state index in [4.69, 9.17) is 5.73 Å². The van der Waals surface area contributed by atoms with Gasteiger partial charge in [-0.2, -0.15) is 0 Å². The lowest BCUT2D eigenvalue weighted by Crippen LogP contribution is -2.49. The van der Waals surface area contributed by atoms with Crippen molar-refractivity contribution in [2.45, 2.75) is 45.6 Å². The highest BCUT2D eigenvalue weighted by Crippen LogP contribution is 2.23. The molecule has 0 spiro atoms. The van der Waals surface area contributed by atoms with Crippen molar-refractivity contribution in [3.8, 4) is 0 Å². The lowest BCUT2D eigenvalue weighted by Gasteiger charge is -2.32. The molecule has 0 aromatic heterocycles. The average Bonchev–Trinajstić information content (AvgIpc) is 2.09. The zero-order valence-corrected chi connectivity index (χ0v) is 8.60. The summed E-state index contributed by atoms with van der Waals surface area (Å²) in [5, 5.41) is 3.04. The number of nitrogens with two attached hydrogens (primary N) is 1. The van der Waals surface area contributed by atoms with Crippen LogP contribution in [0.25, 0.3) is 0 Å². The molecule has 1 atom stereocenters. The SMILES string of the molecule is CCC(C)(CN)C(=O)NC1CCC1. The highest BCUT2D eigenvalue weighted by Gasteiger charge is 2.32. The van der Waals surface area contributed by atoms with Gasteiger partial charge >= 0.3 is 0 Å². The molecule has 0 aromatic rings. The van der Waals surface area contributed by atoms with Crippen LogP contribution in [0.2, 0.25) is 0 Å². The van der Waals surface area contributed by atoms with Gasteiger partial charge in [0, 0.05) is 12.6 Å². The highest BCUT2D eigenvalue weighted by atomic mass is 16.2. The van der Waals surface area contributed by atoms with Crippen LogP contribution in [0.1, 0.15) is 39.5 Å². The van der Waals surface area contributed by atoms with Crippen molar-refractivity contribution in [3.05, 3.63) is 0 Å². The van der Waals surface area contributed by atoms with Gasteiger partial charge in [-0.05, 0) is 32.6 Å². The Labute approximate surface area is 80.1 Å². The molecule has 3 heteroatoms. The summed E-state index contributed by atoms with van der Waals surface area (Å²) < 4.78 is 0. The van der Waals surface area contributed by atoms with Crippen LogP contribution in [-0.4, -0.2) is 18.5 Å². The molecule has 13 heavy (non-hydrogen) atoms. The topological polar surface area (TPSA) is 55.1 Å². The molecule has 1 saturated carbocycles. The van der Waals surface area contributed by atoms with Crippen molar-refractivity contribution in [1.82, 2.24) is 5.32 Å². The van der Waals surface area contributed by atoms with Crippen LogP contribution >= 0.6 is 0 Å². The van der Waals surface area contributed by atoms with Crippen LogP contribution < -0.4 is 11.1 Å². The maximum atomic E-state index is 11.7. The molecule has 1 rings (SSSR count). The Hall–Kier alpha value is -0.570. The van der Waals surface area contributed by atoms with Gasteiger partial charge in [-0.3, -0.25) is 4.79 Å². The standard InChI is InChI=1S/C10H20N2O/c1-3-10(2,7-11)9(13)12-8-5-4-6-8/h8H,3-7,11H2,1-2H3,(H,12,13). The summed E-state index contributed by atoms with van der Waals surface area (Å²) in [5.41, 5.74) is 5.23. The summed E-state index contributed by atoms with van der Waals surface area (Å²) in [7, 11) is 0. The van der Waals surface area contributed by atoms with Gasteiger partial charge in [-0.25, -0.2) is 0 Å². The van der Waals surface area contributed by atoms with Crippen molar-refractivity contribution in [2.24, 2.45) is 11.1 Å². The molecule has 0 aromatic carbocycles. The van der Waals surface area contributed by atoms with Gasteiger partial charge in [-0.15, -0.1) is 0 Å². The lowest BCUT2D eigenvalue weighted by atomic mass is 9.85. The smallest absolute Gasteiger partial charge is 0.227 e. The number of carbonyl (C=O) groups is 1. The first-order chi connectivity index (χ1) is 6.12. The zero-order valence-electron chi connectivity index (χ0n) is 8.60. The van der Waals surface area contributed by atoms with E-state index >= 15 is 0 Å². The normalized spacial score (nSPS) is 21.8. The van der Waals surface area contributed by atoms with Crippen LogP contribution in [0.5, 0.6) is 0 Å². The summed E-state index contributed by atoms with van der Waals surface area (Å²) in [4.78, 5) is 11.7. The monoisotopic (exact) mass is 184 g/mol. The minimum absolute atomic E-state index is 0.127. The van der Waals surface area contributed by atoms with E-state index in [0.29, 0.717) is 12.6 Å². The molecule has 0 aliphatic heterocycles. The van der Waals surface area contributed by atoms with E-state index in [9.17, 15) is 4.79 Å². The Kier molecular flexibility index (Phi) is 3.31. The molecule has 0 saturated heterocycles. The summed E-state index contributed by atoms with van der Waals surface area (Å²) in [6.07, 6.45) is 4.32. The van der Waals surface area contributed by atoms with Gasteiger partial charge in [0.15, 0.2) is 0 Å². The van der Waals surface area contributed by atoms with Gasteiger partial charge in [0.1, 0.15) is 0 Å². The quantitative estimate of drug-likeness (QED) is 0.685. The van der Waals surface area contributed by atoms with Gasteiger partial charge in [-0.1, -0.05) is 6.92 Å². The van der Waals surface area contributed by atoms with E-state index in [-0.39, 0.29) is 11.3 Å². The van der Waals surface area contributed by atoms with Gasteiger partial charge in [0.25, 0.3) is 0 Å². The van der Waals surface area contributed by atoms with Crippen molar-refractivity contribution >= 4 is 5.91 Å². The summed E-state index contributed by atoms with van der Waals surface area (Å²) in [5.74, 6) is 0.127. The Balaban J connectivity index is 2.43. The minimum Gasteiger partial charge on any atom is -0.353 e. The molecule has 0 heterocycles. The van der Waals surface area contributed by atoms with Crippen molar-refractivity contribution in [1.29, 1.82) is 0 Å². The molecular weight excluding hydrogens is 164 g/mol. The fourth-order valence-electron chi connectivity index (χ4n) is 1.31. The number of hydrogen-bond acceptors (Lipinski definition) is 2. The number of carbonyl (C=O) groups excluding carboxylic acids is 1. The molecule has 3 nitrogen and oxygen atoms in total. The molecule has 76 valence electrons. The molecule has 0 radical (unpaired) electrons. The molecule has 0 bridgehead atoms. The second-order valence-electron chi connectivity index (χ2n) is 4.22. The van der Waals surface area contributed by atoms with Crippen LogP contribution in [0, 0.1) is 5.41 Å². The summed E-state index contributed by atoms with van der Waals surface area (Å²) in [6, 6.07) is 0.421. The third-order valence-electron chi connectivity index (χ3n) is 3.22. The second kappa shape index (κ2) is 4.09. The maximum absolute atomic E-state index is 11.7. The Morgan fingerprint density at radius 2 is 2.23 bits per heavy atom. The lowest BCUT2D eigenvalue weighted by molar-refractivity contribution is -0.131. The van der Waals surface area contributed by atoms with Gasteiger partial charge in [0.2, 0.25) is 5.91 Å². The molecule has 1 unspecified atom stereocenters. The van der Waals surface area contributed by atoms with Gasteiger partial charge < -0.3 is 11.1 Å². The summed E-state index contributed by atoms with van der Waals surface area (Å²) >= 11 is 0. The van der Waals surface area contributed by atoms with E-state index in [0.717, 1.165) is 19.3 Å². The fourth-order valence-corrected chi connectivity index (χ4v) is 1.31. The number of amides is 1. The average molecular weight is 184 g/mol. The fraction of sp³-hybridized carbons (Fsp3) is 0.900. The largest absolute Gasteiger partial charge is 0.353 e. The molecular formula is C10H20N2O. The predicted octanol–water partition coefficient (Wildman–Crippen LogP) is 1.03. The molecule has 1 amide bonds. The number of hydrogen-bond donors (Lipinski definition) is 2. The zero-order chi connectivity index (χ0) is 9.90. The Morgan fingerprint density at radius 1 is 1.62 bits per heavy atom. The second-order valence-corrected chi connectivity index (χ2v) is 4.22. The number of nitrogens with one attached hydrogen (secondary N) is 1. The van der Waals surface area contributed by atoms with Crippen molar-refractivity contribution in [2.75, 3.05) is 6.54 Å². The first-order valence-corrected chi connectivity index (χ1v) is 5.13. The summed E-state index contributed by atoms with van der Waals surface area (Å²) in [6.45, 7) is 4.37. The molecule has 1 fully saturated rings. The third-order valence-corrected chi connectivity index (χ3v) is 3.22. The molecule has 1 aliphatic carbocycles. The van der Waals surface area contributed by atoms with Crippen LogP contribution in [0.15, 0.2) is 0 Å². The first kappa shape index (κ1) is 10.5. The number of rotatable bonds is 4.